The van der Waals surface area contributed by atoms with Crippen molar-refractivity contribution in [2.75, 3.05) is 6.61 Å². The molecule has 0 aromatic heterocycles. The number of allylic oxidation sites excluding steroid dienone is 1. The maximum absolute atomic E-state index is 11.1. The fourth-order valence-corrected chi connectivity index (χ4v) is 2.57. The maximum atomic E-state index is 11.1. The molecular weight excluding hydrogens is 296 g/mol. The summed E-state index contributed by atoms with van der Waals surface area (Å²) in [6.45, 7) is 5.08. The van der Waals surface area contributed by atoms with E-state index < -0.39 is 12.2 Å². The second-order valence-electron chi connectivity index (χ2n) is 6.50. The number of rotatable bonds is 5. The van der Waals surface area contributed by atoms with Gasteiger partial charge in [0.2, 0.25) is 0 Å². The van der Waals surface area contributed by atoms with E-state index in [-0.39, 0.29) is 12.0 Å². The van der Waals surface area contributed by atoms with Crippen molar-refractivity contribution in [1.82, 2.24) is 4.90 Å². The summed E-state index contributed by atoms with van der Waals surface area (Å²) < 4.78 is 4.86. The minimum absolute atomic E-state index is 0.212. The van der Waals surface area contributed by atoms with Crippen LogP contribution in [-0.4, -0.2) is 28.8 Å². The number of fused-ring (bicyclic) bond motifs is 1. The molecule has 0 bridgehead atoms. The van der Waals surface area contributed by atoms with Gasteiger partial charge in [0, 0.05) is 12.0 Å². The first-order valence-electron chi connectivity index (χ1n) is 7.46. The number of carbonyl (C=O) groups excluding carboxylic acids is 1. The van der Waals surface area contributed by atoms with Crippen molar-refractivity contribution in [3.63, 3.8) is 0 Å². The highest BCUT2D eigenvalue weighted by Gasteiger charge is 2.24. The standard InChI is InChI=1S/C17H22N2O4/c1-17(2,11-23-15(18)20)8-4-7-12-5-3-6-13-9-19(16(21)22)10-14(12)13/h3-7H,8-11H2,1-2H3,(H2,18,20)(H,21,22)/b7-4+. The van der Waals surface area contributed by atoms with Gasteiger partial charge in [-0.1, -0.05) is 44.2 Å². The van der Waals surface area contributed by atoms with Gasteiger partial charge in [-0.25, -0.2) is 9.59 Å². The van der Waals surface area contributed by atoms with Crippen LogP contribution in [0.2, 0.25) is 0 Å². The Bertz CT molecular complexity index is 637. The predicted octanol–water partition coefficient (Wildman–Crippen LogP) is 3.21. The molecule has 0 atom stereocenters. The number of nitrogens with two attached hydrogens (primary N) is 1. The van der Waals surface area contributed by atoms with Crippen LogP contribution in [0.4, 0.5) is 9.59 Å². The third kappa shape index (κ3) is 4.48. The number of amides is 2. The van der Waals surface area contributed by atoms with Crippen LogP contribution in [0.15, 0.2) is 24.3 Å². The Kier molecular flexibility index (Phi) is 4.93. The van der Waals surface area contributed by atoms with Crippen molar-refractivity contribution in [3.8, 4) is 0 Å². The van der Waals surface area contributed by atoms with Gasteiger partial charge in [0.15, 0.2) is 0 Å². The quantitative estimate of drug-likeness (QED) is 0.872. The summed E-state index contributed by atoms with van der Waals surface area (Å²) in [4.78, 5) is 23.2. The van der Waals surface area contributed by atoms with E-state index in [0.29, 0.717) is 19.5 Å². The Morgan fingerprint density at radius 3 is 2.78 bits per heavy atom. The first kappa shape index (κ1) is 16.9. The van der Waals surface area contributed by atoms with Gasteiger partial charge in [0.1, 0.15) is 0 Å². The molecule has 0 saturated heterocycles. The van der Waals surface area contributed by atoms with E-state index in [0.717, 1.165) is 16.7 Å². The van der Waals surface area contributed by atoms with Gasteiger partial charge >= 0.3 is 12.2 Å². The molecular formula is C17H22N2O4. The molecule has 1 aliphatic rings. The molecule has 124 valence electrons. The minimum Gasteiger partial charge on any atom is -0.465 e. The topological polar surface area (TPSA) is 92.9 Å². The van der Waals surface area contributed by atoms with Crippen molar-refractivity contribution in [2.24, 2.45) is 11.1 Å². The molecule has 0 unspecified atom stereocenters. The number of primary amides is 1. The normalized spacial score (nSPS) is 14.1. The zero-order chi connectivity index (χ0) is 17.0. The summed E-state index contributed by atoms with van der Waals surface area (Å²) in [5.74, 6) is 0. The smallest absolute Gasteiger partial charge is 0.407 e. The Balaban J connectivity index is 2.03. The van der Waals surface area contributed by atoms with Crippen LogP contribution in [0.5, 0.6) is 0 Å². The lowest BCUT2D eigenvalue weighted by atomic mass is 9.90. The van der Waals surface area contributed by atoms with Crippen molar-refractivity contribution in [3.05, 3.63) is 41.0 Å². The highest BCUT2D eigenvalue weighted by molar-refractivity contribution is 5.68. The van der Waals surface area contributed by atoms with Crippen LogP contribution in [0, 0.1) is 5.41 Å². The Morgan fingerprint density at radius 1 is 1.39 bits per heavy atom. The summed E-state index contributed by atoms with van der Waals surface area (Å²) in [5, 5.41) is 9.12. The van der Waals surface area contributed by atoms with E-state index in [1.54, 1.807) is 0 Å². The average Bonchev–Trinajstić information content (AvgIpc) is 2.90. The van der Waals surface area contributed by atoms with Crippen LogP contribution in [0.3, 0.4) is 0 Å². The first-order valence-corrected chi connectivity index (χ1v) is 7.46. The second-order valence-corrected chi connectivity index (χ2v) is 6.50. The van der Waals surface area contributed by atoms with E-state index >= 15 is 0 Å². The summed E-state index contributed by atoms with van der Waals surface area (Å²) in [6.07, 6.45) is 3.06. The number of hydrogen-bond donors (Lipinski definition) is 2. The highest BCUT2D eigenvalue weighted by atomic mass is 16.5. The van der Waals surface area contributed by atoms with E-state index in [1.807, 2.05) is 44.2 Å². The number of carbonyl (C=O) groups is 2. The van der Waals surface area contributed by atoms with E-state index in [2.05, 4.69) is 0 Å². The van der Waals surface area contributed by atoms with Crippen molar-refractivity contribution >= 4 is 18.3 Å². The molecule has 0 aliphatic carbocycles. The lowest BCUT2D eigenvalue weighted by Gasteiger charge is -2.21. The summed E-state index contributed by atoms with van der Waals surface area (Å²) in [7, 11) is 0. The molecule has 0 fully saturated rings. The molecule has 3 N–H and O–H groups in total. The summed E-state index contributed by atoms with van der Waals surface area (Å²) >= 11 is 0. The van der Waals surface area contributed by atoms with Crippen LogP contribution < -0.4 is 5.73 Å². The van der Waals surface area contributed by atoms with E-state index in [9.17, 15) is 9.59 Å². The van der Waals surface area contributed by atoms with Crippen molar-refractivity contribution < 1.29 is 19.4 Å². The number of ether oxygens (including phenoxy) is 1. The van der Waals surface area contributed by atoms with Crippen LogP contribution >= 0.6 is 0 Å². The number of benzene rings is 1. The van der Waals surface area contributed by atoms with Gasteiger partial charge in [0.05, 0.1) is 13.2 Å². The molecule has 0 radical (unpaired) electrons. The minimum atomic E-state index is -0.902. The maximum Gasteiger partial charge on any atom is 0.407 e. The third-order valence-corrected chi connectivity index (χ3v) is 3.86. The molecule has 6 nitrogen and oxygen atoms in total. The molecule has 6 heteroatoms. The van der Waals surface area contributed by atoms with Crippen molar-refractivity contribution in [2.45, 2.75) is 33.4 Å². The third-order valence-electron chi connectivity index (χ3n) is 3.86. The average molecular weight is 318 g/mol. The van der Waals surface area contributed by atoms with Gasteiger partial charge in [-0.05, 0) is 23.1 Å². The molecule has 1 aromatic rings. The fourth-order valence-electron chi connectivity index (χ4n) is 2.57. The van der Waals surface area contributed by atoms with E-state index in [1.165, 1.54) is 4.90 Å². The van der Waals surface area contributed by atoms with Crippen LogP contribution in [-0.2, 0) is 17.8 Å². The van der Waals surface area contributed by atoms with Crippen LogP contribution in [0.1, 0.15) is 37.0 Å². The van der Waals surface area contributed by atoms with Gasteiger partial charge in [-0.3, -0.25) is 4.90 Å². The fraction of sp³-hybridized carbons (Fsp3) is 0.412. The monoisotopic (exact) mass is 318 g/mol. The largest absolute Gasteiger partial charge is 0.465 e. The van der Waals surface area contributed by atoms with Gasteiger partial charge in [-0.2, -0.15) is 0 Å². The second kappa shape index (κ2) is 6.73. The Labute approximate surface area is 135 Å². The molecule has 2 rings (SSSR count). The number of nitrogens with zero attached hydrogens (tertiary/aromatic N) is 1. The summed E-state index contributed by atoms with van der Waals surface area (Å²) in [5.41, 5.74) is 7.90. The molecule has 2 amide bonds. The molecule has 23 heavy (non-hydrogen) atoms. The van der Waals surface area contributed by atoms with Gasteiger partial charge < -0.3 is 15.6 Å². The SMILES string of the molecule is CC(C)(C/C=C/c1cccc2c1CN(C(=O)O)C2)COC(N)=O. The zero-order valence-corrected chi connectivity index (χ0v) is 13.4. The highest BCUT2D eigenvalue weighted by Crippen LogP contribution is 2.28. The molecule has 0 spiro atoms. The molecule has 1 aliphatic heterocycles. The van der Waals surface area contributed by atoms with Crippen LogP contribution in [0.25, 0.3) is 6.08 Å². The van der Waals surface area contributed by atoms with Gasteiger partial charge in [0.25, 0.3) is 0 Å². The molecule has 1 aromatic carbocycles. The number of hydrogen-bond acceptors (Lipinski definition) is 3. The summed E-state index contributed by atoms with van der Waals surface area (Å²) in [6, 6.07) is 5.87. The van der Waals surface area contributed by atoms with E-state index in [4.69, 9.17) is 15.6 Å². The lowest BCUT2D eigenvalue weighted by Crippen LogP contribution is -2.24. The Morgan fingerprint density at radius 2 is 2.13 bits per heavy atom. The predicted molar refractivity (Wildman–Crippen MR) is 86.7 cm³/mol. The van der Waals surface area contributed by atoms with Crippen molar-refractivity contribution in [1.29, 1.82) is 0 Å². The molecule has 0 saturated carbocycles. The van der Waals surface area contributed by atoms with Gasteiger partial charge in [-0.15, -0.1) is 0 Å². The lowest BCUT2D eigenvalue weighted by molar-refractivity contribution is 0.108. The zero-order valence-electron chi connectivity index (χ0n) is 13.4. The number of carboxylic acid groups (broad SMARTS) is 1. The Hall–Kier alpha value is -2.50. The molecule has 1 heterocycles. The first-order chi connectivity index (χ1) is 10.8.